The zero-order chi connectivity index (χ0) is 18.7. The maximum Gasteiger partial charge on any atom is 0.323 e. The number of halogens is 2. The van der Waals surface area contributed by atoms with E-state index in [1.807, 2.05) is 0 Å². The molecule has 9 heteroatoms. The number of ether oxygens (including phenoxy) is 1. The second-order valence-electron chi connectivity index (χ2n) is 5.34. The van der Waals surface area contributed by atoms with Crippen molar-refractivity contribution in [2.75, 3.05) is 17.7 Å². The molecule has 0 aliphatic heterocycles. The van der Waals surface area contributed by atoms with Crippen LogP contribution in [-0.4, -0.2) is 27.9 Å². The molecule has 134 valence electrons. The van der Waals surface area contributed by atoms with Gasteiger partial charge in [0.2, 0.25) is 5.88 Å². The van der Waals surface area contributed by atoms with E-state index in [0.717, 1.165) is 10.2 Å². The van der Waals surface area contributed by atoms with Crippen molar-refractivity contribution >= 4 is 33.3 Å². The van der Waals surface area contributed by atoms with E-state index < -0.39 is 11.8 Å². The summed E-state index contributed by atoms with van der Waals surface area (Å²) in [7, 11) is 3.30. The number of benzene rings is 1. The lowest BCUT2D eigenvalue weighted by Gasteiger charge is -2.12. The van der Waals surface area contributed by atoms with E-state index in [9.17, 15) is 9.18 Å². The molecule has 0 aliphatic carbocycles. The first-order valence-electron chi connectivity index (χ1n) is 7.53. The Labute approximate surface area is 157 Å². The first-order chi connectivity index (χ1) is 12.5. The van der Waals surface area contributed by atoms with Crippen LogP contribution in [0.3, 0.4) is 0 Å². The summed E-state index contributed by atoms with van der Waals surface area (Å²) in [5.74, 6) is -0.0392. The lowest BCUT2D eigenvalue weighted by atomic mass is 10.2. The second-order valence-corrected chi connectivity index (χ2v) is 6.19. The van der Waals surface area contributed by atoms with Crippen molar-refractivity contribution in [1.82, 2.24) is 14.8 Å². The minimum absolute atomic E-state index is 0.346. The van der Waals surface area contributed by atoms with Crippen LogP contribution in [0.5, 0.6) is 5.88 Å². The molecule has 0 aliphatic rings. The van der Waals surface area contributed by atoms with Crippen LogP contribution < -0.4 is 15.4 Å². The Morgan fingerprint density at radius 2 is 2.00 bits per heavy atom. The van der Waals surface area contributed by atoms with Crippen LogP contribution in [0.4, 0.5) is 20.6 Å². The molecule has 0 saturated carbocycles. The molecule has 0 radical (unpaired) electrons. The van der Waals surface area contributed by atoms with Crippen LogP contribution in [0.2, 0.25) is 0 Å². The number of nitrogens with zero attached hydrogens (tertiary/aromatic N) is 3. The molecule has 0 bridgehead atoms. The molecule has 3 aromatic rings. The Bertz CT molecular complexity index is 941. The summed E-state index contributed by atoms with van der Waals surface area (Å²) in [6.45, 7) is 0. The van der Waals surface area contributed by atoms with Gasteiger partial charge in [0.1, 0.15) is 5.82 Å². The smallest absolute Gasteiger partial charge is 0.323 e. The molecule has 1 aromatic carbocycles. The molecule has 2 amide bonds. The molecule has 0 saturated heterocycles. The summed E-state index contributed by atoms with van der Waals surface area (Å²) in [5.41, 5.74) is 2.20. The summed E-state index contributed by atoms with van der Waals surface area (Å²) in [6.07, 6.45) is 3.13. The fourth-order valence-electron chi connectivity index (χ4n) is 2.43. The molecular weight excluding hydrogens is 405 g/mol. The average Bonchev–Trinajstić information content (AvgIpc) is 2.93. The predicted octanol–water partition coefficient (Wildman–Crippen LogP) is 4.04. The summed E-state index contributed by atoms with van der Waals surface area (Å²) < 4.78 is 20.9. The van der Waals surface area contributed by atoms with Crippen LogP contribution in [-0.2, 0) is 7.05 Å². The van der Waals surface area contributed by atoms with Gasteiger partial charge < -0.3 is 15.4 Å². The summed E-state index contributed by atoms with van der Waals surface area (Å²) >= 11 is 3.44. The van der Waals surface area contributed by atoms with Crippen molar-refractivity contribution in [2.24, 2.45) is 7.05 Å². The van der Waals surface area contributed by atoms with Gasteiger partial charge in [-0.2, -0.15) is 5.10 Å². The highest BCUT2D eigenvalue weighted by Gasteiger charge is 2.16. The summed E-state index contributed by atoms with van der Waals surface area (Å²) in [5, 5.41) is 9.40. The average molecular weight is 420 g/mol. The number of rotatable bonds is 4. The largest absolute Gasteiger partial charge is 0.481 e. The van der Waals surface area contributed by atoms with Gasteiger partial charge in [0, 0.05) is 12.7 Å². The van der Waals surface area contributed by atoms with E-state index in [1.54, 1.807) is 30.1 Å². The topological polar surface area (TPSA) is 81.1 Å². The predicted molar refractivity (Wildman–Crippen MR) is 99.7 cm³/mol. The molecule has 3 rings (SSSR count). The quantitative estimate of drug-likeness (QED) is 0.668. The van der Waals surface area contributed by atoms with Crippen molar-refractivity contribution in [2.45, 2.75) is 0 Å². The fraction of sp³-hybridized carbons (Fsp3) is 0.118. The number of urea groups is 1. The number of hydrogen-bond acceptors (Lipinski definition) is 4. The van der Waals surface area contributed by atoms with Gasteiger partial charge in [-0.25, -0.2) is 14.2 Å². The standard InChI is InChI=1S/C17H15BrFN5O2/c1-24-15(14(18)9-21-24)13-7-12(8-20-16(13)26-2)23-17(25)22-11-5-3-4-10(19)6-11/h3-9H,1-2H3,(H2,22,23,25). The third kappa shape index (κ3) is 3.83. The van der Waals surface area contributed by atoms with E-state index in [1.165, 1.54) is 31.5 Å². The van der Waals surface area contributed by atoms with Gasteiger partial charge in [-0.05, 0) is 40.2 Å². The number of carbonyl (C=O) groups excluding carboxylic acids is 1. The van der Waals surface area contributed by atoms with Crippen LogP contribution in [0.15, 0.2) is 47.2 Å². The van der Waals surface area contributed by atoms with Crippen LogP contribution >= 0.6 is 15.9 Å². The number of aryl methyl sites for hydroxylation is 1. The van der Waals surface area contributed by atoms with Crippen molar-refractivity contribution in [3.63, 3.8) is 0 Å². The van der Waals surface area contributed by atoms with E-state index in [4.69, 9.17) is 4.74 Å². The Hall–Kier alpha value is -2.94. The Morgan fingerprint density at radius 1 is 1.23 bits per heavy atom. The van der Waals surface area contributed by atoms with E-state index in [2.05, 4.69) is 36.6 Å². The van der Waals surface area contributed by atoms with Gasteiger partial charge in [0.25, 0.3) is 0 Å². The lowest BCUT2D eigenvalue weighted by molar-refractivity contribution is 0.262. The van der Waals surface area contributed by atoms with E-state index in [0.29, 0.717) is 22.8 Å². The highest BCUT2D eigenvalue weighted by molar-refractivity contribution is 9.10. The van der Waals surface area contributed by atoms with Crippen LogP contribution in [0, 0.1) is 5.82 Å². The molecule has 0 spiro atoms. The third-order valence-corrected chi connectivity index (χ3v) is 4.11. The van der Waals surface area contributed by atoms with Gasteiger partial charge in [0.05, 0.1) is 40.9 Å². The van der Waals surface area contributed by atoms with Gasteiger partial charge >= 0.3 is 6.03 Å². The summed E-state index contributed by atoms with van der Waals surface area (Å²) in [6, 6.07) is 6.83. The second kappa shape index (κ2) is 7.52. The molecule has 0 unspecified atom stereocenters. The molecule has 2 aromatic heterocycles. The zero-order valence-corrected chi connectivity index (χ0v) is 15.5. The lowest BCUT2D eigenvalue weighted by Crippen LogP contribution is -2.19. The van der Waals surface area contributed by atoms with Gasteiger partial charge in [-0.3, -0.25) is 4.68 Å². The van der Waals surface area contributed by atoms with Gasteiger partial charge in [-0.15, -0.1) is 0 Å². The number of methoxy groups -OCH3 is 1. The first kappa shape index (κ1) is 17.9. The number of aromatic nitrogens is 3. The number of pyridine rings is 1. The fourth-order valence-corrected chi connectivity index (χ4v) is 2.99. The number of anilines is 2. The molecule has 2 heterocycles. The Balaban J connectivity index is 1.85. The molecule has 0 fully saturated rings. The first-order valence-corrected chi connectivity index (χ1v) is 8.32. The molecule has 26 heavy (non-hydrogen) atoms. The minimum Gasteiger partial charge on any atom is -0.481 e. The number of hydrogen-bond donors (Lipinski definition) is 2. The van der Waals surface area contributed by atoms with Gasteiger partial charge in [-0.1, -0.05) is 6.07 Å². The van der Waals surface area contributed by atoms with Crippen molar-refractivity contribution in [1.29, 1.82) is 0 Å². The number of carbonyl (C=O) groups is 1. The SMILES string of the molecule is COc1ncc(NC(=O)Nc2cccc(F)c2)cc1-c1c(Br)cnn1C. The van der Waals surface area contributed by atoms with E-state index >= 15 is 0 Å². The normalized spacial score (nSPS) is 10.5. The zero-order valence-electron chi connectivity index (χ0n) is 14.0. The monoisotopic (exact) mass is 419 g/mol. The maximum absolute atomic E-state index is 13.2. The Kier molecular flexibility index (Phi) is 5.17. The maximum atomic E-state index is 13.2. The molecular formula is C17H15BrFN5O2. The molecule has 2 N–H and O–H groups in total. The van der Waals surface area contributed by atoms with Crippen molar-refractivity contribution < 1.29 is 13.9 Å². The summed E-state index contributed by atoms with van der Waals surface area (Å²) in [4.78, 5) is 16.4. The third-order valence-electron chi connectivity index (χ3n) is 3.53. The van der Waals surface area contributed by atoms with E-state index in [-0.39, 0.29) is 0 Å². The molecule has 0 atom stereocenters. The number of nitrogens with one attached hydrogen (secondary N) is 2. The van der Waals surface area contributed by atoms with Gasteiger partial charge in [0.15, 0.2) is 0 Å². The van der Waals surface area contributed by atoms with Crippen LogP contribution in [0.1, 0.15) is 0 Å². The minimum atomic E-state index is -0.516. The number of amides is 2. The molecule has 7 nitrogen and oxygen atoms in total. The van der Waals surface area contributed by atoms with Crippen LogP contribution in [0.25, 0.3) is 11.3 Å². The highest BCUT2D eigenvalue weighted by Crippen LogP contribution is 2.34. The Morgan fingerprint density at radius 3 is 2.65 bits per heavy atom. The van der Waals surface area contributed by atoms with Crippen molar-refractivity contribution in [3.05, 3.63) is 53.0 Å². The highest BCUT2D eigenvalue weighted by atomic mass is 79.9. The van der Waals surface area contributed by atoms with Crippen molar-refractivity contribution in [3.8, 4) is 17.1 Å².